The molecular formula is C24H34FN5O. The molecule has 0 amide bonds. The lowest BCUT2D eigenvalue weighted by Gasteiger charge is -2.23. The standard InChI is InChI=1S/C24H34FN5O/c1-3-18(20-11-8-14-26-20)23-28-22(16-12-13-21(31-2)19(25)15-16)29-24(30-23)27-17-9-6-4-5-7-10-17/h12-13,15,17-18,20,26H,3-11,14H2,1-2H3,(H,27,28,29,30). The molecule has 1 aromatic heterocycles. The van der Waals surface area contributed by atoms with Gasteiger partial charge in [0, 0.05) is 23.6 Å². The molecule has 168 valence electrons. The third-order valence-electron chi connectivity index (χ3n) is 6.61. The van der Waals surface area contributed by atoms with Crippen molar-refractivity contribution >= 4 is 5.95 Å². The Hall–Kier alpha value is -2.28. The summed E-state index contributed by atoms with van der Waals surface area (Å²) in [4.78, 5) is 14.4. The Morgan fingerprint density at radius 1 is 1.10 bits per heavy atom. The summed E-state index contributed by atoms with van der Waals surface area (Å²) in [5.41, 5.74) is 0.639. The predicted octanol–water partition coefficient (Wildman–Crippen LogP) is 5.07. The molecule has 7 heteroatoms. The van der Waals surface area contributed by atoms with Gasteiger partial charge in [0.15, 0.2) is 17.4 Å². The molecule has 2 aliphatic rings. The lowest BCUT2D eigenvalue weighted by atomic mass is 9.94. The Morgan fingerprint density at radius 2 is 1.90 bits per heavy atom. The van der Waals surface area contributed by atoms with Crippen LogP contribution in [0.1, 0.15) is 76.5 Å². The highest BCUT2D eigenvalue weighted by Crippen LogP contribution is 2.30. The number of anilines is 1. The van der Waals surface area contributed by atoms with Crippen molar-refractivity contribution < 1.29 is 9.13 Å². The lowest BCUT2D eigenvalue weighted by Crippen LogP contribution is -2.30. The third-order valence-corrected chi connectivity index (χ3v) is 6.61. The summed E-state index contributed by atoms with van der Waals surface area (Å²) in [6.45, 7) is 3.22. The van der Waals surface area contributed by atoms with Crippen LogP contribution < -0.4 is 15.4 Å². The molecule has 1 aliphatic heterocycles. The number of hydrogen-bond donors (Lipinski definition) is 2. The van der Waals surface area contributed by atoms with Crippen molar-refractivity contribution in [3.05, 3.63) is 29.8 Å². The SMILES string of the molecule is CCC(c1nc(NC2CCCCCC2)nc(-c2ccc(OC)c(F)c2)n1)C1CCCN1. The third kappa shape index (κ3) is 5.32. The van der Waals surface area contributed by atoms with E-state index in [0.717, 1.165) is 38.1 Å². The minimum Gasteiger partial charge on any atom is -0.494 e. The zero-order valence-electron chi connectivity index (χ0n) is 18.7. The zero-order valence-corrected chi connectivity index (χ0v) is 18.7. The molecule has 2 heterocycles. The second kappa shape index (κ2) is 10.4. The van der Waals surface area contributed by atoms with E-state index in [2.05, 4.69) is 17.6 Å². The first-order chi connectivity index (χ1) is 15.2. The van der Waals surface area contributed by atoms with Gasteiger partial charge < -0.3 is 15.4 Å². The molecule has 1 saturated heterocycles. The lowest BCUT2D eigenvalue weighted by molar-refractivity contribution is 0.386. The Balaban J connectivity index is 1.69. The monoisotopic (exact) mass is 427 g/mol. The van der Waals surface area contributed by atoms with Crippen LogP contribution >= 0.6 is 0 Å². The van der Waals surface area contributed by atoms with Crippen LogP contribution in [0, 0.1) is 5.82 Å². The van der Waals surface area contributed by atoms with Crippen LogP contribution in [0.3, 0.4) is 0 Å². The first-order valence-corrected chi connectivity index (χ1v) is 11.8. The first kappa shape index (κ1) is 21.9. The minimum atomic E-state index is -0.412. The molecule has 6 nitrogen and oxygen atoms in total. The van der Waals surface area contributed by atoms with Gasteiger partial charge in [-0.1, -0.05) is 32.6 Å². The normalized spacial score (nSPS) is 20.9. The number of hydrogen-bond acceptors (Lipinski definition) is 6. The van der Waals surface area contributed by atoms with Gasteiger partial charge in [-0.2, -0.15) is 9.97 Å². The van der Waals surface area contributed by atoms with Crippen LogP contribution in [0.5, 0.6) is 5.75 Å². The van der Waals surface area contributed by atoms with Gasteiger partial charge in [0.2, 0.25) is 5.95 Å². The van der Waals surface area contributed by atoms with E-state index >= 15 is 0 Å². The summed E-state index contributed by atoms with van der Waals surface area (Å²) in [7, 11) is 1.47. The van der Waals surface area contributed by atoms with E-state index in [0.29, 0.717) is 29.4 Å². The van der Waals surface area contributed by atoms with Crippen LogP contribution in [0.25, 0.3) is 11.4 Å². The van der Waals surface area contributed by atoms with Crippen LogP contribution in [0.15, 0.2) is 18.2 Å². The fourth-order valence-electron chi connectivity index (χ4n) is 4.87. The largest absolute Gasteiger partial charge is 0.494 e. The second-order valence-corrected chi connectivity index (χ2v) is 8.74. The average Bonchev–Trinajstić information content (AvgIpc) is 3.18. The average molecular weight is 428 g/mol. The molecule has 0 radical (unpaired) electrons. The molecule has 31 heavy (non-hydrogen) atoms. The second-order valence-electron chi connectivity index (χ2n) is 8.74. The van der Waals surface area contributed by atoms with Crippen molar-refractivity contribution in [2.45, 2.75) is 82.7 Å². The van der Waals surface area contributed by atoms with E-state index in [9.17, 15) is 4.39 Å². The number of aromatic nitrogens is 3. The summed E-state index contributed by atoms with van der Waals surface area (Å²) < 4.78 is 19.5. The van der Waals surface area contributed by atoms with Gasteiger partial charge >= 0.3 is 0 Å². The maximum Gasteiger partial charge on any atom is 0.226 e. The molecule has 2 N–H and O–H groups in total. The summed E-state index contributed by atoms with van der Waals surface area (Å²) in [5, 5.41) is 7.18. The Morgan fingerprint density at radius 3 is 2.55 bits per heavy atom. The highest BCUT2D eigenvalue weighted by molar-refractivity contribution is 5.58. The topological polar surface area (TPSA) is 72.0 Å². The predicted molar refractivity (Wildman–Crippen MR) is 121 cm³/mol. The van der Waals surface area contributed by atoms with E-state index < -0.39 is 5.82 Å². The van der Waals surface area contributed by atoms with Crippen molar-refractivity contribution in [2.24, 2.45) is 0 Å². The van der Waals surface area contributed by atoms with Crippen molar-refractivity contribution in [2.75, 3.05) is 19.0 Å². The number of ether oxygens (including phenoxy) is 1. The summed E-state index contributed by atoms with van der Waals surface area (Å²) in [6, 6.07) is 5.64. The molecular weight excluding hydrogens is 393 g/mol. The van der Waals surface area contributed by atoms with E-state index in [4.69, 9.17) is 19.7 Å². The Labute approximate surface area is 184 Å². The van der Waals surface area contributed by atoms with Crippen LogP contribution in [0.4, 0.5) is 10.3 Å². The highest BCUT2D eigenvalue weighted by Gasteiger charge is 2.28. The number of benzene rings is 1. The number of rotatable bonds is 7. The molecule has 2 unspecified atom stereocenters. The molecule has 1 saturated carbocycles. The van der Waals surface area contributed by atoms with Gasteiger partial charge in [-0.15, -0.1) is 0 Å². The number of nitrogens with one attached hydrogen (secondary N) is 2. The molecule has 4 rings (SSSR count). The molecule has 2 atom stereocenters. The summed E-state index contributed by atoms with van der Waals surface area (Å²) in [5.74, 6) is 1.93. The van der Waals surface area contributed by atoms with E-state index in [1.165, 1.54) is 45.3 Å². The summed E-state index contributed by atoms with van der Waals surface area (Å²) in [6.07, 6.45) is 10.6. The van der Waals surface area contributed by atoms with Gasteiger partial charge in [0.25, 0.3) is 0 Å². The van der Waals surface area contributed by atoms with Crippen molar-refractivity contribution in [1.29, 1.82) is 0 Å². The molecule has 0 bridgehead atoms. The Bertz CT molecular complexity index is 863. The van der Waals surface area contributed by atoms with Crippen molar-refractivity contribution in [1.82, 2.24) is 20.3 Å². The number of methoxy groups -OCH3 is 1. The molecule has 2 fully saturated rings. The van der Waals surface area contributed by atoms with E-state index in [1.807, 2.05) is 6.07 Å². The van der Waals surface area contributed by atoms with Crippen LogP contribution in [-0.4, -0.2) is 40.7 Å². The van der Waals surface area contributed by atoms with Crippen molar-refractivity contribution in [3.8, 4) is 17.1 Å². The van der Waals surface area contributed by atoms with E-state index in [-0.39, 0.29) is 11.7 Å². The van der Waals surface area contributed by atoms with Crippen LogP contribution in [-0.2, 0) is 0 Å². The maximum atomic E-state index is 14.4. The minimum absolute atomic E-state index is 0.210. The smallest absolute Gasteiger partial charge is 0.226 e. The molecule has 0 spiro atoms. The van der Waals surface area contributed by atoms with Gasteiger partial charge in [-0.05, 0) is 56.8 Å². The molecule has 2 aromatic rings. The number of nitrogens with zero attached hydrogens (tertiary/aromatic N) is 3. The summed E-state index contributed by atoms with van der Waals surface area (Å²) >= 11 is 0. The maximum absolute atomic E-state index is 14.4. The van der Waals surface area contributed by atoms with Gasteiger partial charge in [0.05, 0.1) is 7.11 Å². The van der Waals surface area contributed by atoms with E-state index in [1.54, 1.807) is 6.07 Å². The molecule has 1 aliphatic carbocycles. The molecule has 1 aromatic carbocycles. The number of halogens is 1. The van der Waals surface area contributed by atoms with Gasteiger partial charge in [0.1, 0.15) is 5.82 Å². The highest BCUT2D eigenvalue weighted by atomic mass is 19.1. The first-order valence-electron chi connectivity index (χ1n) is 11.8. The van der Waals surface area contributed by atoms with Crippen LogP contribution in [0.2, 0.25) is 0 Å². The fourth-order valence-corrected chi connectivity index (χ4v) is 4.87. The fraction of sp³-hybridized carbons (Fsp3) is 0.625. The van der Waals surface area contributed by atoms with Gasteiger partial charge in [-0.3, -0.25) is 0 Å². The van der Waals surface area contributed by atoms with Crippen molar-refractivity contribution in [3.63, 3.8) is 0 Å². The quantitative estimate of drug-likeness (QED) is 0.602. The van der Waals surface area contributed by atoms with Gasteiger partial charge in [-0.25, -0.2) is 9.37 Å². The Kier molecular flexibility index (Phi) is 7.33. The zero-order chi connectivity index (χ0) is 21.6.